The maximum absolute atomic E-state index is 6.40. The van der Waals surface area contributed by atoms with Crippen LogP contribution in [0.2, 0.25) is 0 Å². The Kier molecular flexibility index (Phi) is 3.99. The van der Waals surface area contributed by atoms with Crippen LogP contribution in [-0.2, 0) is 5.41 Å². The Balaban J connectivity index is 2.72. The second-order valence-electron chi connectivity index (χ2n) is 6.58. The van der Waals surface area contributed by atoms with Gasteiger partial charge in [0.05, 0.1) is 7.11 Å². The number of nitrogens with zero attached hydrogens (tertiary/aromatic N) is 2. The van der Waals surface area contributed by atoms with Gasteiger partial charge in [-0.3, -0.25) is 0 Å². The largest absolute Gasteiger partial charge is 0.496 e. The van der Waals surface area contributed by atoms with E-state index in [1.54, 1.807) is 7.11 Å². The van der Waals surface area contributed by atoms with Crippen LogP contribution in [0.1, 0.15) is 46.5 Å². The molecular formula is C17H25N3O. The summed E-state index contributed by atoms with van der Waals surface area (Å²) in [5.74, 6) is 2.48. The minimum Gasteiger partial charge on any atom is -0.496 e. The zero-order valence-electron chi connectivity index (χ0n) is 13.8. The van der Waals surface area contributed by atoms with Crippen LogP contribution < -0.4 is 10.5 Å². The van der Waals surface area contributed by atoms with Crippen molar-refractivity contribution in [3.8, 4) is 17.0 Å². The van der Waals surface area contributed by atoms with Gasteiger partial charge in [0.25, 0.3) is 0 Å². The van der Waals surface area contributed by atoms with E-state index in [-0.39, 0.29) is 11.5 Å². The number of rotatable bonds is 3. The molecule has 0 saturated carbocycles. The van der Waals surface area contributed by atoms with Gasteiger partial charge in [0.2, 0.25) is 0 Å². The summed E-state index contributed by atoms with van der Waals surface area (Å²) < 4.78 is 7.56. The van der Waals surface area contributed by atoms with E-state index in [2.05, 4.69) is 39.2 Å². The lowest BCUT2D eigenvalue weighted by molar-refractivity contribution is 0.416. The number of methoxy groups -OCH3 is 1. The van der Waals surface area contributed by atoms with E-state index in [1.807, 2.05) is 24.3 Å². The number of ether oxygens (including phenoxy) is 1. The highest BCUT2D eigenvalue weighted by Gasteiger charge is 2.27. The standard InChI is InChI=1S/C17H25N3O/c1-11(2)20-15(18)14(19-16(20)17(3,4)5)12-9-7-8-10-13(12)21-6/h7-11H,18H2,1-6H3. The monoisotopic (exact) mass is 287 g/mol. The number of hydrogen-bond donors (Lipinski definition) is 1. The lowest BCUT2D eigenvalue weighted by Gasteiger charge is -2.22. The Labute approximate surface area is 127 Å². The molecule has 2 aromatic rings. The smallest absolute Gasteiger partial charge is 0.132 e. The quantitative estimate of drug-likeness (QED) is 0.927. The Hall–Kier alpha value is -1.97. The van der Waals surface area contributed by atoms with Gasteiger partial charge in [0.15, 0.2) is 0 Å². The molecule has 0 unspecified atom stereocenters. The topological polar surface area (TPSA) is 53.1 Å². The van der Waals surface area contributed by atoms with Crippen LogP contribution in [0.4, 0.5) is 5.82 Å². The molecule has 0 bridgehead atoms. The van der Waals surface area contributed by atoms with Gasteiger partial charge in [0, 0.05) is 17.0 Å². The van der Waals surface area contributed by atoms with E-state index in [4.69, 9.17) is 15.5 Å². The molecule has 4 nitrogen and oxygen atoms in total. The number of benzene rings is 1. The van der Waals surface area contributed by atoms with Crippen molar-refractivity contribution in [1.82, 2.24) is 9.55 Å². The summed E-state index contributed by atoms with van der Waals surface area (Å²) in [6, 6.07) is 8.11. The second kappa shape index (κ2) is 5.43. The molecule has 114 valence electrons. The molecule has 0 fully saturated rings. The van der Waals surface area contributed by atoms with Crippen LogP contribution in [0.5, 0.6) is 5.75 Å². The van der Waals surface area contributed by atoms with E-state index < -0.39 is 0 Å². The van der Waals surface area contributed by atoms with Crippen molar-refractivity contribution in [1.29, 1.82) is 0 Å². The molecule has 1 aromatic heterocycles. The molecule has 0 aliphatic rings. The van der Waals surface area contributed by atoms with Crippen molar-refractivity contribution in [3.05, 3.63) is 30.1 Å². The molecule has 0 spiro atoms. The molecule has 0 aliphatic heterocycles. The Morgan fingerprint density at radius 2 is 1.81 bits per heavy atom. The van der Waals surface area contributed by atoms with Crippen molar-refractivity contribution in [2.45, 2.75) is 46.1 Å². The number of para-hydroxylation sites is 1. The van der Waals surface area contributed by atoms with Gasteiger partial charge in [0.1, 0.15) is 23.1 Å². The van der Waals surface area contributed by atoms with Crippen LogP contribution in [0, 0.1) is 0 Å². The maximum Gasteiger partial charge on any atom is 0.132 e. The molecule has 4 heteroatoms. The second-order valence-corrected chi connectivity index (χ2v) is 6.58. The number of imidazole rings is 1. The first kappa shape index (κ1) is 15.4. The first-order chi connectivity index (χ1) is 9.77. The summed E-state index contributed by atoms with van der Waals surface area (Å²) in [4.78, 5) is 4.84. The number of anilines is 1. The molecule has 0 aliphatic carbocycles. The molecular weight excluding hydrogens is 262 g/mol. The van der Waals surface area contributed by atoms with Crippen molar-refractivity contribution >= 4 is 5.82 Å². The van der Waals surface area contributed by atoms with Gasteiger partial charge in [-0.25, -0.2) is 4.98 Å². The highest BCUT2D eigenvalue weighted by Crippen LogP contribution is 2.37. The van der Waals surface area contributed by atoms with Crippen molar-refractivity contribution in [2.75, 3.05) is 12.8 Å². The normalized spacial score (nSPS) is 12.0. The summed E-state index contributed by atoms with van der Waals surface area (Å²) in [5.41, 5.74) is 8.06. The van der Waals surface area contributed by atoms with Crippen LogP contribution in [-0.4, -0.2) is 16.7 Å². The Bertz CT molecular complexity index is 636. The van der Waals surface area contributed by atoms with Gasteiger partial charge < -0.3 is 15.0 Å². The first-order valence-corrected chi connectivity index (χ1v) is 7.29. The fourth-order valence-electron chi connectivity index (χ4n) is 2.54. The van der Waals surface area contributed by atoms with Crippen molar-refractivity contribution in [2.24, 2.45) is 0 Å². The fraction of sp³-hybridized carbons (Fsp3) is 0.471. The highest BCUT2D eigenvalue weighted by molar-refractivity contribution is 5.76. The van der Waals surface area contributed by atoms with Gasteiger partial charge in [-0.05, 0) is 26.0 Å². The molecule has 0 atom stereocenters. The van der Waals surface area contributed by atoms with Crippen LogP contribution in [0.15, 0.2) is 24.3 Å². The van der Waals surface area contributed by atoms with Crippen molar-refractivity contribution in [3.63, 3.8) is 0 Å². The molecule has 0 radical (unpaired) electrons. The molecule has 2 N–H and O–H groups in total. The number of hydrogen-bond acceptors (Lipinski definition) is 3. The summed E-state index contributed by atoms with van der Waals surface area (Å²) in [6.07, 6.45) is 0. The van der Waals surface area contributed by atoms with Gasteiger partial charge in [-0.1, -0.05) is 32.9 Å². The Morgan fingerprint density at radius 3 is 2.29 bits per heavy atom. The predicted molar refractivity (Wildman–Crippen MR) is 87.7 cm³/mol. The van der Waals surface area contributed by atoms with Crippen LogP contribution in [0.25, 0.3) is 11.3 Å². The number of nitrogen functional groups attached to an aromatic ring is 1. The summed E-state index contributed by atoms with van der Waals surface area (Å²) in [7, 11) is 1.67. The van der Waals surface area contributed by atoms with E-state index in [1.165, 1.54) is 0 Å². The minimum atomic E-state index is -0.0708. The zero-order valence-corrected chi connectivity index (χ0v) is 13.8. The van der Waals surface area contributed by atoms with E-state index in [0.29, 0.717) is 5.82 Å². The van der Waals surface area contributed by atoms with E-state index in [9.17, 15) is 0 Å². The lowest BCUT2D eigenvalue weighted by Crippen LogP contribution is -2.21. The molecule has 1 aromatic carbocycles. The number of nitrogens with two attached hydrogens (primary N) is 1. The third-order valence-corrected chi connectivity index (χ3v) is 3.50. The van der Waals surface area contributed by atoms with Crippen molar-refractivity contribution < 1.29 is 4.74 Å². The van der Waals surface area contributed by atoms with E-state index >= 15 is 0 Å². The molecule has 1 heterocycles. The summed E-state index contributed by atoms with van der Waals surface area (Å²) >= 11 is 0. The van der Waals surface area contributed by atoms with Gasteiger partial charge in [-0.2, -0.15) is 0 Å². The summed E-state index contributed by atoms with van der Waals surface area (Å²) in [6.45, 7) is 10.7. The molecule has 0 amide bonds. The average Bonchev–Trinajstić information content (AvgIpc) is 2.76. The molecule has 0 saturated heterocycles. The third-order valence-electron chi connectivity index (χ3n) is 3.50. The first-order valence-electron chi connectivity index (χ1n) is 7.29. The van der Waals surface area contributed by atoms with Crippen LogP contribution in [0.3, 0.4) is 0 Å². The van der Waals surface area contributed by atoms with Gasteiger partial charge >= 0.3 is 0 Å². The van der Waals surface area contributed by atoms with E-state index in [0.717, 1.165) is 22.8 Å². The predicted octanol–water partition coefficient (Wildman–Crippen LogP) is 4.02. The zero-order chi connectivity index (χ0) is 15.8. The van der Waals surface area contributed by atoms with Gasteiger partial charge in [-0.15, -0.1) is 0 Å². The minimum absolute atomic E-state index is 0.0708. The summed E-state index contributed by atoms with van der Waals surface area (Å²) in [5, 5.41) is 0. The lowest BCUT2D eigenvalue weighted by atomic mass is 9.95. The highest BCUT2D eigenvalue weighted by atomic mass is 16.5. The third kappa shape index (κ3) is 2.75. The molecule has 21 heavy (non-hydrogen) atoms. The molecule has 2 rings (SSSR count). The number of aromatic nitrogens is 2. The van der Waals surface area contributed by atoms with Crippen LogP contribution >= 0.6 is 0 Å². The average molecular weight is 287 g/mol. The Morgan fingerprint density at radius 1 is 1.19 bits per heavy atom. The SMILES string of the molecule is COc1ccccc1-c1nc(C(C)(C)C)n(C(C)C)c1N. The maximum atomic E-state index is 6.40. The fourth-order valence-corrected chi connectivity index (χ4v) is 2.54.